The molecule has 0 aromatic rings. The van der Waals surface area contributed by atoms with E-state index >= 15 is 0 Å². The van der Waals surface area contributed by atoms with Crippen LogP contribution in [-0.4, -0.2) is 37.0 Å². The molecule has 0 fully saturated rings. The number of likely N-dealkylation sites (N-methyl/N-ethyl adjacent to an activating group) is 2. The van der Waals surface area contributed by atoms with Gasteiger partial charge in [0.2, 0.25) is 11.8 Å². The molecule has 0 unspecified atom stereocenters. The quantitative estimate of drug-likeness (QED) is 0.627. The van der Waals surface area contributed by atoms with Gasteiger partial charge in [0.25, 0.3) is 0 Å². The maximum absolute atomic E-state index is 12.0. The van der Waals surface area contributed by atoms with Gasteiger partial charge in [-0.15, -0.1) is 0 Å². The highest BCUT2D eigenvalue weighted by molar-refractivity contribution is 5.91. The van der Waals surface area contributed by atoms with E-state index in [0.29, 0.717) is 6.54 Å². The van der Waals surface area contributed by atoms with Gasteiger partial charge in [-0.1, -0.05) is 20.8 Å². The van der Waals surface area contributed by atoms with Gasteiger partial charge in [0.15, 0.2) is 0 Å². The van der Waals surface area contributed by atoms with Gasteiger partial charge in [0.05, 0.1) is 5.54 Å². The molecule has 0 radical (unpaired) electrons. The third-order valence-electron chi connectivity index (χ3n) is 2.67. The fourth-order valence-corrected chi connectivity index (χ4v) is 1.53. The minimum absolute atomic E-state index is 0.0522. The molecule has 1 atom stereocenters. The summed E-state index contributed by atoms with van der Waals surface area (Å²) < 4.78 is 0. The van der Waals surface area contributed by atoms with Crippen molar-refractivity contribution < 1.29 is 9.59 Å². The van der Waals surface area contributed by atoms with Crippen molar-refractivity contribution in [1.82, 2.24) is 16.0 Å². The predicted molar refractivity (Wildman–Crippen MR) is 68.6 cm³/mol. The molecule has 0 aliphatic rings. The minimum atomic E-state index is -0.671. The first kappa shape index (κ1) is 15.9. The first-order chi connectivity index (χ1) is 7.76. The van der Waals surface area contributed by atoms with Gasteiger partial charge in [-0.3, -0.25) is 9.59 Å². The lowest BCUT2D eigenvalue weighted by atomic mass is 9.99. The second-order valence-electron chi connectivity index (χ2n) is 4.96. The summed E-state index contributed by atoms with van der Waals surface area (Å²) in [6, 6.07) is -0.495. The summed E-state index contributed by atoms with van der Waals surface area (Å²) in [5.74, 6) is -0.279. The van der Waals surface area contributed by atoms with E-state index < -0.39 is 11.6 Å². The largest absolute Gasteiger partial charge is 0.357 e. The van der Waals surface area contributed by atoms with E-state index in [-0.39, 0.29) is 17.7 Å². The van der Waals surface area contributed by atoms with Crippen molar-refractivity contribution in [1.29, 1.82) is 0 Å². The third-order valence-corrected chi connectivity index (χ3v) is 2.67. The molecule has 0 saturated heterocycles. The number of carbonyl (C=O) groups is 2. The molecule has 0 aromatic heterocycles. The van der Waals surface area contributed by atoms with Gasteiger partial charge in [-0.05, 0) is 26.3 Å². The van der Waals surface area contributed by atoms with Crippen molar-refractivity contribution >= 4 is 11.8 Å². The predicted octanol–water partition coefficient (Wildman–Crippen LogP) is 0.261. The van der Waals surface area contributed by atoms with Crippen LogP contribution in [0.5, 0.6) is 0 Å². The molecule has 0 aromatic carbocycles. The lowest BCUT2D eigenvalue weighted by molar-refractivity contribution is -0.132. The zero-order valence-electron chi connectivity index (χ0n) is 11.7. The molecule has 3 N–H and O–H groups in total. The Labute approximate surface area is 104 Å². The fraction of sp³-hybridized carbons (Fsp3) is 0.833. The number of carbonyl (C=O) groups excluding carboxylic acids is 2. The van der Waals surface area contributed by atoms with Gasteiger partial charge in [-0.25, -0.2) is 0 Å². The van der Waals surface area contributed by atoms with Crippen LogP contribution in [0.1, 0.15) is 34.6 Å². The summed E-state index contributed by atoms with van der Waals surface area (Å²) in [6.07, 6.45) is 0. The van der Waals surface area contributed by atoms with E-state index in [4.69, 9.17) is 0 Å². The Kier molecular flexibility index (Phi) is 6.16. The first-order valence-electron chi connectivity index (χ1n) is 6.03. The van der Waals surface area contributed by atoms with Gasteiger partial charge < -0.3 is 16.0 Å². The maximum Gasteiger partial charge on any atom is 0.242 e. The zero-order chi connectivity index (χ0) is 13.6. The number of nitrogens with one attached hydrogen (secondary N) is 3. The van der Waals surface area contributed by atoms with Crippen LogP contribution in [0.4, 0.5) is 0 Å². The highest BCUT2D eigenvalue weighted by Crippen LogP contribution is 2.06. The van der Waals surface area contributed by atoms with Gasteiger partial charge >= 0.3 is 0 Å². The van der Waals surface area contributed by atoms with Gasteiger partial charge in [0, 0.05) is 7.05 Å². The van der Waals surface area contributed by atoms with Crippen LogP contribution in [-0.2, 0) is 9.59 Å². The molecule has 100 valence electrons. The molecule has 5 heteroatoms. The molecule has 0 rings (SSSR count). The van der Waals surface area contributed by atoms with E-state index in [0.717, 1.165) is 0 Å². The average Bonchev–Trinajstić information content (AvgIpc) is 2.23. The summed E-state index contributed by atoms with van der Waals surface area (Å²) in [7, 11) is 1.57. The lowest BCUT2D eigenvalue weighted by Crippen LogP contribution is -2.58. The normalized spacial score (nSPS) is 13.4. The average molecular weight is 243 g/mol. The molecule has 17 heavy (non-hydrogen) atoms. The molecular weight excluding hydrogens is 218 g/mol. The molecular formula is C12H25N3O2. The van der Waals surface area contributed by atoms with E-state index in [9.17, 15) is 9.59 Å². The van der Waals surface area contributed by atoms with Gasteiger partial charge in [0.1, 0.15) is 6.04 Å². The Morgan fingerprint density at radius 1 is 1.24 bits per heavy atom. The smallest absolute Gasteiger partial charge is 0.242 e. The molecule has 0 aliphatic carbocycles. The Morgan fingerprint density at radius 3 is 2.12 bits per heavy atom. The van der Waals surface area contributed by atoms with Crippen LogP contribution in [0.3, 0.4) is 0 Å². The molecule has 0 bridgehead atoms. The van der Waals surface area contributed by atoms with Crippen molar-refractivity contribution in [2.45, 2.75) is 46.2 Å². The van der Waals surface area contributed by atoms with E-state index in [1.165, 1.54) is 0 Å². The first-order valence-corrected chi connectivity index (χ1v) is 6.03. The molecule has 0 saturated carbocycles. The highest BCUT2D eigenvalue weighted by Gasteiger charge is 2.31. The van der Waals surface area contributed by atoms with E-state index in [1.54, 1.807) is 20.9 Å². The Bertz CT molecular complexity index is 275. The number of amides is 2. The van der Waals surface area contributed by atoms with Crippen molar-refractivity contribution in [3.05, 3.63) is 0 Å². The van der Waals surface area contributed by atoms with Crippen LogP contribution < -0.4 is 16.0 Å². The summed E-state index contributed by atoms with van der Waals surface area (Å²) >= 11 is 0. The second kappa shape index (κ2) is 6.59. The van der Waals surface area contributed by atoms with Gasteiger partial charge in [-0.2, -0.15) is 0 Å². The van der Waals surface area contributed by atoms with Crippen molar-refractivity contribution in [2.75, 3.05) is 13.6 Å². The van der Waals surface area contributed by atoms with Crippen LogP contribution >= 0.6 is 0 Å². The van der Waals surface area contributed by atoms with Crippen molar-refractivity contribution in [2.24, 2.45) is 5.92 Å². The van der Waals surface area contributed by atoms with E-state index in [2.05, 4.69) is 16.0 Å². The summed E-state index contributed by atoms with van der Waals surface area (Å²) in [4.78, 5) is 23.7. The van der Waals surface area contributed by atoms with Crippen LogP contribution in [0.15, 0.2) is 0 Å². The lowest BCUT2D eigenvalue weighted by Gasteiger charge is -2.28. The Hall–Kier alpha value is -1.10. The SMILES string of the molecule is CCNC(C)(C)C(=O)N[C@H](C(=O)NC)C(C)C. The second-order valence-corrected chi connectivity index (χ2v) is 4.96. The maximum atomic E-state index is 12.0. The van der Waals surface area contributed by atoms with Crippen molar-refractivity contribution in [3.63, 3.8) is 0 Å². The molecule has 2 amide bonds. The number of hydrogen-bond acceptors (Lipinski definition) is 3. The highest BCUT2D eigenvalue weighted by atomic mass is 16.2. The Morgan fingerprint density at radius 2 is 1.76 bits per heavy atom. The van der Waals surface area contributed by atoms with Crippen LogP contribution in [0.25, 0.3) is 0 Å². The summed E-state index contributed by atoms with van der Waals surface area (Å²) in [6.45, 7) is 10.0. The van der Waals surface area contributed by atoms with Crippen LogP contribution in [0.2, 0.25) is 0 Å². The molecule has 5 nitrogen and oxygen atoms in total. The number of hydrogen-bond donors (Lipinski definition) is 3. The molecule has 0 spiro atoms. The summed E-state index contributed by atoms with van der Waals surface area (Å²) in [5.41, 5.74) is -0.671. The Balaban J connectivity index is 4.67. The van der Waals surface area contributed by atoms with Crippen molar-refractivity contribution in [3.8, 4) is 0 Å². The zero-order valence-corrected chi connectivity index (χ0v) is 11.7. The fourth-order valence-electron chi connectivity index (χ4n) is 1.53. The van der Waals surface area contributed by atoms with Crippen LogP contribution in [0, 0.1) is 5.92 Å². The van der Waals surface area contributed by atoms with E-state index in [1.807, 2.05) is 20.8 Å². The molecule has 0 aliphatic heterocycles. The molecule has 0 heterocycles. The minimum Gasteiger partial charge on any atom is -0.357 e. The monoisotopic (exact) mass is 243 g/mol. The number of rotatable bonds is 6. The standard InChI is InChI=1S/C12H25N3O2/c1-7-14-12(4,5)11(17)15-9(8(2)3)10(16)13-6/h8-9,14H,7H2,1-6H3,(H,13,16)(H,15,17)/t9-/m0/s1. The third kappa shape index (κ3) is 4.73. The summed E-state index contributed by atoms with van der Waals surface area (Å²) in [5, 5.41) is 8.42. The topological polar surface area (TPSA) is 70.2 Å².